The lowest BCUT2D eigenvalue weighted by Gasteiger charge is -2.08. The lowest BCUT2D eigenvalue weighted by Crippen LogP contribution is -2.24. The third kappa shape index (κ3) is 4.82. The van der Waals surface area contributed by atoms with Gasteiger partial charge in [0.2, 0.25) is 5.89 Å². The van der Waals surface area contributed by atoms with E-state index in [0.29, 0.717) is 35.1 Å². The van der Waals surface area contributed by atoms with E-state index in [1.54, 1.807) is 36.7 Å². The normalized spacial score (nSPS) is 12.8. The lowest BCUT2D eigenvalue weighted by atomic mass is 10.2. The van der Waals surface area contributed by atoms with Gasteiger partial charge in [-0.25, -0.2) is 4.98 Å². The van der Waals surface area contributed by atoms with Crippen molar-refractivity contribution in [1.29, 1.82) is 0 Å². The topological polar surface area (TPSA) is 97.1 Å². The standard InChI is InChI=1S/C26H22N4O3/c31-24(19-12-14-27-15-13-19)29-21-10-6-17(7-11-21)16-28-25(32)22-23(18-8-9-18)33-26(30-22)20-4-2-1-3-5-20/h1-7,10-15,18H,8-9,16H2,(H,28,32)(H,29,31). The van der Waals surface area contributed by atoms with Gasteiger partial charge in [-0.2, -0.15) is 0 Å². The van der Waals surface area contributed by atoms with E-state index in [0.717, 1.165) is 24.0 Å². The molecule has 2 aromatic heterocycles. The summed E-state index contributed by atoms with van der Waals surface area (Å²) in [4.78, 5) is 33.6. The minimum absolute atomic E-state index is 0.202. The maximum Gasteiger partial charge on any atom is 0.273 e. The number of carbonyl (C=O) groups excluding carboxylic acids is 2. The van der Waals surface area contributed by atoms with Crippen LogP contribution in [0.1, 0.15) is 50.9 Å². The molecule has 0 unspecified atom stereocenters. The molecule has 2 heterocycles. The number of amides is 2. The molecule has 0 spiro atoms. The van der Waals surface area contributed by atoms with E-state index in [2.05, 4.69) is 20.6 Å². The summed E-state index contributed by atoms with van der Waals surface area (Å²) in [6, 6.07) is 20.2. The molecule has 164 valence electrons. The summed E-state index contributed by atoms with van der Waals surface area (Å²) >= 11 is 0. The fourth-order valence-corrected chi connectivity index (χ4v) is 3.50. The Kier molecular flexibility index (Phi) is 5.68. The highest BCUT2D eigenvalue weighted by molar-refractivity contribution is 6.04. The molecule has 1 aliphatic rings. The van der Waals surface area contributed by atoms with Crippen molar-refractivity contribution in [2.24, 2.45) is 0 Å². The Bertz CT molecular complexity index is 1260. The second-order valence-corrected chi connectivity index (χ2v) is 7.94. The van der Waals surface area contributed by atoms with Crippen LogP contribution in [-0.2, 0) is 6.54 Å². The average molecular weight is 438 g/mol. The molecule has 0 saturated heterocycles. The SMILES string of the molecule is O=C(Nc1ccc(CNC(=O)c2nc(-c3ccccc3)oc2C2CC2)cc1)c1ccncc1. The summed E-state index contributed by atoms with van der Waals surface area (Å²) in [7, 11) is 0. The van der Waals surface area contributed by atoms with E-state index in [1.165, 1.54) is 0 Å². The van der Waals surface area contributed by atoms with E-state index in [-0.39, 0.29) is 17.7 Å². The molecule has 2 N–H and O–H groups in total. The first-order chi connectivity index (χ1) is 16.2. The predicted molar refractivity (Wildman–Crippen MR) is 124 cm³/mol. The molecule has 1 fully saturated rings. The van der Waals surface area contributed by atoms with Crippen molar-refractivity contribution >= 4 is 17.5 Å². The Morgan fingerprint density at radius 3 is 2.33 bits per heavy atom. The number of aromatic nitrogens is 2. The number of anilines is 1. The molecule has 0 atom stereocenters. The van der Waals surface area contributed by atoms with Gasteiger partial charge in [0.05, 0.1) is 0 Å². The average Bonchev–Trinajstić information content (AvgIpc) is 3.62. The molecule has 7 nitrogen and oxygen atoms in total. The number of nitrogens with one attached hydrogen (secondary N) is 2. The van der Waals surface area contributed by atoms with Crippen molar-refractivity contribution in [3.8, 4) is 11.5 Å². The van der Waals surface area contributed by atoms with Gasteiger partial charge in [0.1, 0.15) is 5.76 Å². The van der Waals surface area contributed by atoms with Gasteiger partial charge in [-0.05, 0) is 54.8 Å². The zero-order valence-electron chi connectivity index (χ0n) is 17.8. The van der Waals surface area contributed by atoms with Crippen LogP contribution < -0.4 is 10.6 Å². The smallest absolute Gasteiger partial charge is 0.273 e. The molecule has 2 aromatic carbocycles. The molecule has 0 radical (unpaired) electrons. The van der Waals surface area contributed by atoms with Gasteiger partial charge in [0.15, 0.2) is 5.69 Å². The minimum Gasteiger partial charge on any atom is -0.440 e. The summed E-state index contributed by atoms with van der Waals surface area (Å²) in [5, 5.41) is 5.78. The molecule has 4 aromatic rings. The lowest BCUT2D eigenvalue weighted by molar-refractivity contribution is 0.0943. The van der Waals surface area contributed by atoms with Crippen LogP contribution in [0.5, 0.6) is 0 Å². The quantitative estimate of drug-likeness (QED) is 0.432. The number of hydrogen-bond acceptors (Lipinski definition) is 5. The van der Waals surface area contributed by atoms with Crippen LogP contribution in [0.4, 0.5) is 5.69 Å². The van der Waals surface area contributed by atoms with Gasteiger partial charge in [0.25, 0.3) is 11.8 Å². The van der Waals surface area contributed by atoms with Crippen molar-refractivity contribution in [3.05, 3.63) is 102 Å². The van der Waals surface area contributed by atoms with E-state index >= 15 is 0 Å². The van der Waals surface area contributed by atoms with Gasteiger partial charge in [-0.3, -0.25) is 14.6 Å². The summed E-state index contributed by atoms with van der Waals surface area (Å²) in [6.07, 6.45) is 5.17. The van der Waals surface area contributed by atoms with E-state index in [9.17, 15) is 9.59 Å². The molecule has 5 rings (SSSR count). The van der Waals surface area contributed by atoms with E-state index < -0.39 is 0 Å². The zero-order chi connectivity index (χ0) is 22.6. The maximum absolute atomic E-state index is 12.9. The number of benzene rings is 2. The van der Waals surface area contributed by atoms with Crippen molar-refractivity contribution in [3.63, 3.8) is 0 Å². The second kappa shape index (κ2) is 9.08. The Morgan fingerprint density at radius 2 is 1.64 bits per heavy atom. The third-order valence-electron chi connectivity index (χ3n) is 5.44. The van der Waals surface area contributed by atoms with Crippen LogP contribution >= 0.6 is 0 Å². The van der Waals surface area contributed by atoms with Crippen molar-refractivity contribution in [2.75, 3.05) is 5.32 Å². The summed E-state index contributed by atoms with van der Waals surface area (Å²) in [6.45, 7) is 0.342. The Morgan fingerprint density at radius 1 is 0.909 bits per heavy atom. The maximum atomic E-state index is 12.9. The Labute approximate surface area is 190 Å². The number of carbonyl (C=O) groups is 2. The zero-order valence-corrected chi connectivity index (χ0v) is 17.8. The fourth-order valence-electron chi connectivity index (χ4n) is 3.50. The number of rotatable bonds is 7. The largest absolute Gasteiger partial charge is 0.440 e. The molecule has 0 bridgehead atoms. The highest BCUT2D eigenvalue weighted by Gasteiger charge is 2.34. The third-order valence-corrected chi connectivity index (χ3v) is 5.44. The highest BCUT2D eigenvalue weighted by atomic mass is 16.4. The highest BCUT2D eigenvalue weighted by Crippen LogP contribution is 2.43. The van der Waals surface area contributed by atoms with E-state index in [4.69, 9.17) is 4.42 Å². The van der Waals surface area contributed by atoms with Crippen molar-refractivity contribution in [1.82, 2.24) is 15.3 Å². The summed E-state index contributed by atoms with van der Waals surface area (Å²) in [5.74, 6) is 0.945. The van der Waals surface area contributed by atoms with Crippen LogP contribution in [0.15, 0.2) is 83.5 Å². The molecule has 1 aliphatic carbocycles. The number of nitrogens with zero attached hydrogens (tertiary/aromatic N) is 2. The number of pyridine rings is 1. The summed E-state index contributed by atoms with van der Waals surface area (Å²) < 4.78 is 5.97. The minimum atomic E-state index is -0.252. The molecule has 2 amide bonds. The van der Waals surface area contributed by atoms with Crippen LogP contribution in [0.3, 0.4) is 0 Å². The van der Waals surface area contributed by atoms with Crippen LogP contribution in [-0.4, -0.2) is 21.8 Å². The molecule has 0 aliphatic heterocycles. The Balaban J connectivity index is 1.23. The van der Waals surface area contributed by atoms with Crippen LogP contribution in [0.25, 0.3) is 11.5 Å². The van der Waals surface area contributed by atoms with Gasteiger partial charge in [0, 0.05) is 41.7 Å². The first-order valence-electron chi connectivity index (χ1n) is 10.8. The van der Waals surface area contributed by atoms with Gasteiger partial charge in [-0.15, -0.1) is 0 Å². The monoisotopic (exact) mass is 438 g/mol. The summed E-state index contributed by atoms with van der Waals surface area (Å²) in [5.41, 5.74) is 3.33. The molecular weight excluding hydrogens is 416 g/mol. The molecule has 7 heteroatoms. The second-order valence-electron chi connectivity index (χ2n) is 7.94. The van der Waals surface area contributed by atoms with E-state index in [1.807, 2.05) is 42.5 Å². The number of hydrogen-bond donors (Lipinski definition) is 2. The van der Waals surface area contributed by atoms with Crippen molar-refractivity contribution < 1.29 is 14.0 Å². The molecule has 33 heavy (non-hydrogen) atoms. The van der Waals surface area contributed by atoms with Crippen LogP contribution in [0, 0.1) is 0 Å². The number of oxazole rings is 1. The molecular formula is C26H22N4O3. The first-order valence-corrected chi connectivity index (χ1v) is 10.8. The fraction of sp³-hybridized carbons (Fsp3) is 0.154. The van der Waals surface area contributed by atoms with Crippen LogP contribution in [0.2, 0.25) is 0 Å². The van der Waals surface area contributed by atoms with Gasteiger partial charge >= 0.3 is 0 Å². The van der Waals surface area contributed by atoms with Crippen molar-refractivity contribution in [2.45, 2.75) is 25.3 Å². The van der Waals surface area contributed by atoms with Gasteiger partial charge in [-0.1, -0.05) is 30.3 Å². The van der Waals surface area contributed by atoms with Gasteiger partial charge < -0.3 is 15.1 Å². The molecule has 1 saturated carbocycles. The Hall–Kier alpha value is -4.26. The first kappa shape index (κ1) is 20.6. The predicted octanol–water partition coefficient (Wildman–Crippen LogP) is 4.80.